The molecule has 2 heterocycles. The van der Waals surface area contributed by atoms with Crippen molar-refractivity contribution in [2.75, 3.05) is 0 Å². The van der Waals surface area contributed by atoms with Gasteiger partial charge in [0.15, 0.2) is 0 Å². The molecule has 6 nitrogen and oxygen atoms in total. The summed E-state index contributed by atoms with van der Waals surface area (Å²) in [7, 11) is 0. The molecule has 4 aromatic rings. The monoisotopic (exact) mass is 386 g/mol. The Bertz CT molecular complexity index is 863. The summed E-state index contributed by atoms with van der Waals surface area (Å²) in [5, 5.41) is 17.4. The molecule has 0 N–H and O–H groups in total. The fraction of sp³-hybridized carbons (Fsp3) is 0.143. The first-order valence-electron chi connectivity index (χ1n) is 6.80. The summed E-state index contributed by atoms with van der Waals surface area (Å²) in [4.78, 5) is 4.52. The molecule has 2 aromatic heterocycles. The predicted octanol–water partition coefficient (Wildman–Crippen LogP) is 2.27. The van der Waals surface area contributed by atoms with E-state index in [1.807, 2.05) is 36.4 Å². The van der Waals surface area contributed by atoms with Crippen molar-refractivity contribution in [1.29, 1.82) is 0 Å². The summed E-state index contributed by atoms with van der Waals surface area (Å²) in [6.45, 7) is 0. The Morgan fingerprint density at radius 2 is 1.14 bits per heavy atom. The molecule has 104 valence electrons. The van der Waals surface area contributed by atoms with Crippen molar-refractivity contribution in [2.24, 2.45) is 0 Å². The molecule has 21 heavy (non-hydrogen) atoms. The van der Waals surface area contributed by atoms with Crippen LogP contribution in [0.25, 0.3) is 22.1 Å². The van der Waals surface area contributed by atoms with E-state index in [9.17, 15) is 0 Å². The summed E-state index contributed by atoms with van der Waals surface area (Å²) in [5.74, 6) is 0. The van der Waals surface area contributed by atoms with E-state index < -0.39 is 18.9 Å². The Morgan fingerprint density at radius 3 is 1.62 bits per heavy atom. The molecule has 4 rings (SSSR count). The van der Waals surface area contributed by atoms with Crippen LogP contribution in [-0.2, 0) is 0 Å². The fourth-order valence-electron chi connectivity index (χ4n) is 2.64. The van der Waals surface area contributed by atoms with Crippen LogP contribution in [0.4, 0.5) is 0 Å². The fourth-order valence-corrected chi connectivity index (χ4v) is 9.10. The van der Waals surface area contributed by atoms with Crippen molar-refractivity contribution < 1.29 is 0 Å². The number of benzene rings is 2. The molecule has 0 saturated carbocycles. The normalized spacial score (nSPS) is 12.3. The molecule has 0 aliphatic carbocycles. The summed E-state index contributed by atoms with van der Waals surface area (Å²) >= 11 is -3.06. The maximum atomic E-state index is 4.40. The zero-order chi connectivity index (χ0) is 14.4. The molecule has 0 bridgehead atoms. The first-order chi connectivity index (χ1) is 10.2. The molecular weight excluding hydrogens is 371 g/mol. The van der Waals surface area contributed by atoms with Gasteiger partial charge in [0.25, 0.3) is 0 Å². The summed E-state index contributed by atoms with van der Waals surface area (Å²) < 4.78 is 4.18. The zero-order valence-corrected chi connectivity index (χ0v) is 14.7. The first-order valence-corrected chi connectivity index (χ1v) is 15.1. The number of nitrogens with zero attached hydrogens (tertiary/aromatic N) is 6. The quantitative estimate of drug-likeness (QED) is 0.497. The molecular formula is C14H14N6Sn. The van der Waals surface area contributed by atoms with E-state index in [0.29, 0.717) is 0 Å². The third kappa shape index (κ3) is 1.85. The summed E-state index contributed by atoms with van der Waals surface area (Å²) in [5.41, 5.74) is 3.98. The van der Waals surface area contributed by atoms with E-state index in [4.69, 9.17) is 0 Å². The van der Waals surface area contributed by atoms with Gasteiger partial charge < -0.3 is 0 Å². The van der Waals surface area contributed by atoms with E-state index in [0.717, 1.165) is 22.1 Å². The van der Waals surface area contributed by atoms with Gasteiger partial charge in [0.1, 0.15) is 0 Å². The van der Waals surface area contributed by atoms with E-state index in [2.05, 4.69) is 48.4 Å². The third-order valence-corrected chi connectivity index (χ3v) is 11.5. The Hall–Kier alpha value is -1.96. The Labute approximate surface area is 125 Å². The molecule has 0 aliphatic heterocycles. The average Bonchev–Trinajstić information content (AvgIpc) is 3.12. The summed E-state index contributed by atoms with van der Waals surface area (Å²) in [6.07, 6.45) is 0. The van der Waals surface area contributed by atoms with Crippen LogP contribution < -0.4 is 0 Å². The molecule has 0 radical (unpaired) electrons. The van der Waals surface area contributed by atoms with Crippen LogP contribution in [0, 0.1) is 0 Å². The third-order valence-electron chi connectivity index (χ3n) is 3.74. The van der Waals surface area contributed by atoms with Crippen molar-refractivity contribution in [2.45, 2.75) is 9.88 Å². The minimum atomic E-state index is -3.06. The van der Waals surface area contributed by atoms with Gasteiger partial charge in [-0.15, -0.1) is 0 Å². The molecule has 0 spiro atoms. The van der Waals surface area contributed by atoms with Gasteiger partial charge in [-0.05, 0) is 0 Å². The summed E-state index contributed by atoms with van der Waals surface area (Å²) in [6, 6.07) is 16.1. The number of para-hydroxylation sites is 2. The average molecular weight is 385 g/mol. The van der Waals surface area contributed by atoms with Crippen LogP contribution in [0.1, 0.15) is 0 Å². The van der Waals surface area contributed by atoms with Gasteiger partial charge in [-0.2, -0.15) is 0 Å². The minimum absolute atomic E-state index is 0.923. The van der Waals surface area contributed by atoms with E-state index >= 15 is 0 Å². The number of hydrogen-bond donors (Lipinski definition) is 0. The maximum absolute atomic E-state index is 4.40. The molecule has 0 atom stereocenters. The molecule has 7 heteroatoms. The Balaban J connectivity index is 1.97. The molecule has 0 fully saturated rings. The van der Waals surface area contributed by atoms with Gasteiger partial charge >= 0.3 is 126 Å². The Morgan fingerprint density at radius 1 is 0.714 bits per heavy atom. The SMILES string of the molecule is [CH3][Sn]([CH3])([n]1nnc2ccccc21)[n]1nnc2ccccc21. The van der Waals surface area contributed by atoms with Crippen molar-refractivity contribution in [3.05, 3.63) is 48.5 Å². The number of hydrogen-bond acceptors (Lipinski definition) is 4. The van der Waals surface area contributed by atoms with Crippen LogP contribution in [-0.4, -0.2) is 45.4 Å². The van der Waals surface area contributed by atoms with Crippen LogP contribution in [0.2, 0.25) is 9.88 Å². The van der Waals surface area contributed by atoms with E-state index in [1.165, 1.54) is 0 Å². The zero-order valence-electron chi connectivity index (χ0n) is 11.8. The van der Waals surface area contributed by atoms with Crippen molar-refractivity contribution in [3.8, 4) is 0 Å². The van der Waals surface area contributed by atoms with E-state index in [-0.39, 0.29) is 0 Å². The van der Waals surface area contributed by atoms with Crippen LogP contribution >= 0.6 is 0 Å². The van der Waals surface area contributed by atoms with Gasteiger partial charge in [0.2, 0.25) is 0 Å². The second kappa shape index (κ2) is 4.52. The second-order valence-corrected chi connectivity index (χ2v) is 16.4. The van der Waals surface area contributed by atoms with Crippen molar-refractivity contribution in [3.63, 3.8) is 0 Å². The number of rotatable bonds is 2. The number of fused-ring (bicyclic) bond motifs is 2. The standard InChI is InChI=1S/2C6H4N3.2CH3.Sn/c2*1-2-4-6-5(3-1)7-9-8-6;;;/h2*1-4H;2*1H3;/q2*-1;;;+2. The molecule has 0 saturated heterocycles. The van der Waals surface area contributed by atoms with Crippen LogP contribution in [0.15, 0.2) is 48.5 Å². The second-order valence-electron chi connectivity index (χ2n) is 5.47. The van der Waals surface area contributed by atoms with Crippen molar-refractivity contribution in [1.82, 2.24) is 26.4 Å². The van der Waals surface area contributed by atoms with Gasteiger partial charge in [0, 0.05) is 0 Å². The van der Waals surface area contributed by atoms with Gasteiger partial charge in [-0.1, -0.05) is 0 Å². The Kier molecular flexibility index (Phi) is 2.75. The molecule has 0 amide bonds. The van der Waals surface area contributed by atoms with Gasteiger partial charge in [-0.3, -0.25) is 0 Å². The van der Waals surface area contributed by atoms with Gasteiger partial charge in [-0.25, -0.2) is 0 Å². The predicted molar refractivity (Wildman–Crippen MR) is 83.3 cm³/mol. The first kappa shape index (κ1) is 12.8. The van der Waals surface area contributed by atoms with Crippen molar-refractivity contribution >= 4 is 41.0 Å². The van der Waals surface area contributed by atoms with Crippen LogP contribution in [0.3, 0.4) is 0 Å². The molecule has 2 aromatic carbocycles. The topological polar surface area (TPSA) is 61.4 Å². The van der Waals surface area contributed by atoms with Crippen LogP contribution in [0.5, 0.6) is 0 Å². The number of aromatic nitrogens is 6. The van der Waals surface area contributed by atoms with Gasteiger partial charge in [0.05, 0.1) is 0 Å². The molecule has 0 aliphatic rings. The molecule has 0 unspecified atom stereocenters. The van der Waals surface area contributed by atoms with E-state index in [1.54, 1.807) is 0 Å².